The predicted octanol–water partition coefficient (Wildman–Crippen LogP) is 2.08. The van der Waals surface area contributed by atoms with Gasteiger partial charge in [-0.2, -0.15) is 0 Å². The van der Waals surface area contributed by atoms with Crippen LogP contribution in [-0.2, 0) is 4.79 Å². The average Bonchev–Trinajstić information content (AvgIpc) is 2.28. The first-order chi connectivity index (χ1) is 8.04. The number of carbonyl (C=O) groups excluding carboxylic acids is 2. The maximum absolute atomic E-state index is 11.8. The Kier molecular flexibility index (Phi) is 5.64. The summed E-state index contributed by atoms with van der Waals surface area (Å²) >= 11 is 6.62. The second kappa shape index (κ2) is 6.76. The lowest BCUT2D eigenvalue weighted by Gasteiger charge is -2.06. The zero-order chi connectivity index (χ0) is 12.8. The second-order valence-electron chi connectivity index (χ2n) is 3.30. The quantitative estimate of drug-likeness (QED) is 0.860. The van der Waals surface area contributed by atoms with Gasteiger partial charge < -0.3 is 10.6 Å². The van der Waals surface area contributed by atoms with E-state index < -0.39 is 0 Å². The number of halogens is 2. The first-order valence-corrected chi connectivity index (χ1v) is 6.57. The summed E-state index contributed by atoms with van der Waals surface area (Å²) in [6.07, 6.45) is 0.274. The van der Waals surface area contributed by atoms with Gasteiger partial charge in [0.05, 0.1) is 5.56 Å². The number of nitrogens with one attached hydrogen (secondary N) is 2. The number of carbonyl (C=O) groups is 2. The van der Waals surface area contributed by atoms with Crippen molar-refractivity contribution < 1.29 is 9.59 Å². The van der Waals surface area contributed by atoms with Gasteiger partial charge in [0.2, 0.25) is 5.91 Å². The molecule has 4 nitrogen and oxygen atoms in total. The van der Waals surface area contributed by atoms with Crippen molar-refractivity contribution in [2.45, 2.75) is 6.42 Å². The van der Waals surface area contributed by atoms with Crippen molar-refractivity contribution in [3.63, 3.8) is 0 Å². The fourth-order valence-electron chi connectivity index (χ4n) is 1.18. The van der Waals surface area contributed by atoms with Crippen LogP contribution < -0.4 is 10.6 Å². The van der Waals surface area contributed by atoms with E-state index in [1.165, 1.54) is 0 Å². The lowest BCUT2D eigenvalue weighted by molar-refractivity contribution is -0.120. The van der Waals surface area contributed by atoms with Crippen LogP contribution in [0.5, 0.6) is 0 Å². The lowest BCUT2D eigenvalue weighted by atomic mass is 10.2. The van der Waals surface area contributed by atoms with Gasteiger partial charge in [0.15, 0.2) is 0 Å². The molecule has 0 aliphatic rings. The maximum atomic E-state index is 11.8. The summed E-state index contributed by atoms with van der Waals surface area (Å²) in [5.74, 6) is -0.298. The third-order valence-electron chi connectivity index (χ3n) is 2.09. The van der Waals surface area contributed by atoms with Crippen LogP contribution in [0.2, 0.25) is 0 Å². The molecule has 6 heteroatoms. The SMILES string of the molecule is CNC(=O)CCNC(=O)c1ccc(Br)cc1Br. The van der Waals surface area contributed by atoms with Crippen molar-refractivity contribution in [2.75, 3.05) is 13.6 Å². The Morgan fingerprint density at radius 2 is 2.00 bits per heavy atom. The molecule has 0 atom stereocenters. The molecule has 0 saturated carbocycles. The van der Waals surface area contributed by atoms with Crippen LogP contribution >= 0.6 is 31.9 Å². The molecule has 2 N–H and O–H groups in total. The van der Waals surface area contributed by atoms with E-state index in [1.54, 1.807) is 25.2 Å². The van der Waals surface area contributed by atoms with Crippen LogP contribution in [0.3, 0.4) is 0 Å². The Hall–Kier alpha value is -0.880. The van der Waals surface area contributed by atoms with E-state index in [1.807, 2.05) is 0 Å². The molecule has 0 aromatic heterocycles. The van der Waals surface area contributed by atoms with Crippen molar-refractivity contribution in [3.05, 3.63) is 32.7 Å². The van der Waals surface area contributed by atoms with Gasteiger partial charge in [0.25, 0.3) is 5.91 Å². The summed E-state index contributed by atoms with van der Waals surface area (Å²) in [4.78, 5) is 22.7. The monoisotopic (exact) mass is 362 g/mol. The smallest absolute Gasteiger partial charge is 0.252 e. The molecule has 1 aromatic rings. The van der Waals surface area contributed by atoms with E-state index >= 15 is 0 Å². The first-order valence-electron chi connectivity index (χ1n) is 4.98. The van der Waals surface area contributed by atoms with Crippen molar-refractivity contribution in [1.29, 1.82) is 0 Å². The molecule has 17 heavy (non-hydrogen) atoms. The van der Waals surface area contributed by atoms with Gasteiger partial charge in [0, 0.05) is 29.0 Å². The summed E-state index contributed by atoms with van der Waals surface area (Å²) < 4.78 is 1.61. The summed E-state index contributed by atoms with van der Waals surface area (Å²) in [6, 6.07) is 5.30. The molecule has 0 aliphatic heterocycles. The van der Waals surface area contributed by atoms with Crippen LogP contribution in [0.15, 0.2) is 27.1 Å². The van der Waals surface area contributed by atoms with Crippen molar-refractivity contribution in [1.82, 2.24) is 10.6 Å². The molecule has 0 fully saturated rings. The van der Waals surface area contributed by atoms with Crippen molar-refractivity contribution in [2.24, 2.45) is 0 Å². The number of hydrogen-bond donors (Lipinski definition) is 2. The molecule has 0 aliphatic carbocycles. The van der Waals surface area contributed by atoms with E-state index in [4.69, 9.17) is 0 Å². The Bertz CT molecular complexity index is 435. The minimum Gasteiger partial charge on any atom is -0.359 e. The second-order valence-corrected chi connectivity index (χ2v) is 5.07. The molecule has 0 heterocycles. The normalized spacial score (nSPS) is 9.82. The van der Waals surface area contributed by atoms with Gasteiger partial charge in [-0.3, -0.25) is 9.59 Å². The number of amides is 2. The van der Waals surface area contributed by atoms with Gasteiger partial charge in [-0.1, -0.05) is 15.9 Å². The standard InChI is InChI=1S/C11H12Br2N2O2/c1-14-10(16)4-5-15-11(17)8-3-2-7(12)6-9(8)13/h2-3,6H,4-5H2,1H3,(H,14,16)(H,15,17). The zero-order valence-electron chi connectivity index (χ0n) is 9.22. The Balaban J connectivity index is 2.55. The van der Waals surface area contributed by atoms with Crippen LogP contribution in [-0.4, -0.2) is 25.4 Å². The highest BCUT2D eigenvalue weighted by molar-refractivity contribution is 9.11. The van der Waals surface area contributed by atoms with Gasteiger partial charge in [-0.15, -0.1) is 0 Å². The van der Waals surface area contributed by atoms with E-state index in [9.17, 15) is 9.59 Å². The highest BCUT2D eigenvalue weighted by atomic mass is 79.9. The van der Waals surface area contributed by atoms with E-state index in [-0.39, 0.29) is 18.2 Å². The summed E-state index contributed by atoms with van der Waals surface area (Å²) in [5, 5.41) is 5.17. The minimum atomic E-state index is -0.201. The molecule has 1 rings (SSSR count). The Morgan fingerprint density at radius 1 is 1.29 bits per heavy atom. The van der Waals surface area contributed by atoms with Gasteiger partial charge in [-0.05, 0) is 34.1 Å². The van der Waals surface area contributed by atoms with Gasteiger partial charge in [0.1, 0.15) is 0 Å². The van der Waals surface area contributed by atoms with Gasteiger partial charge in [-0.25, -0.2) is 0 Å². The summed E-state index contributed by atoms with van der Waals surface area (Å²) in [7, 11) is 1.56. The lowest BCUT2D eigenvalue weighted by Crippen LogP contribution is -2.29. The molecule has 0 saturated heterocycles. The fraction of sp³-hybridized carbons (Fsp3) is 0.273. The molecule has 0 bridgehead atoms. The van der Waals surface area contributed by atoms with Gasteiger partial charge >= 0.3 is 0 Å². The average molecular weight is 364 g/mol. The molecular formula is C11H12Br2N2O2. The molecule has 0 radical (unpaired) electrons. The molecule has 92 valence electrons. The topological polar surface area (TPSA) is 58.2 Å². The zero-order valence-corrected chi connectivity index (χ0v) is 12.4. The third kappa shape index (κ3) is 4.47. The molecule has 0 unspecified atom stereocenters. The third-order valence-corrected chi connectivity index (χ3v) is 3.24. The molecular weight excluding hydrogens is 352 g/mol. The highest BCUT2D eigenvalue weighted by Gasteiger charge is 2.10. The predicted molar refractivity (Wildman–Crippen MR) is 72.9 cm³/mol. The van der Waals surface area contributed by atoms with Crippen molar-refractivity contribution >= 4 is 43.7 Å². The largest absolute Gasteiger partial charge is 0.359 e. The van der Waals surface area contributed by atoms with Crippen molar-refractivity contribution in [3.8, 4) is 0 Å². The number of hydrogen-bond acceptors (Lipinski definition) is 2. The van der Waals surface area contributed by atoms with E-state index in [0.717, 1.165) is 4.47 Å². The van der Waals surface area contributed by atoms with Crippen LogP contribution in [0.4, 0.5) is 0 Å². The Morgan fingerprint density at radius 3 is 2.59 bits per heavy atom. The van der Waals surface area contributed by atoms with Crippen LogP contribution in [0, 0.1) is 0 Å². The summed E-state index contributed by atoms with van der Waals surface area (Å²) in [6.45, 7) is 0.320. The minimum absolute atomic E-state index is 0.0971. The van der Waals surface area contributed by atoms with Crippen LogP contribution in [0.1, 0.15) is 16.8 Å². The van der Waals surface area contributed by atoms with E-state index in [2.05, 4.69) is 42.5 Å². The molecule has 2 amide bonds. The first kappa shape index (κ1) is 14.2. The molecule has 1 aromatic carbocycles. The fourth-order valence-corrected chi connectivity index (χ4v) is 2.41. The van der Waals surface area contributed by atoms with E-state index in [0.29, 0.717) is 16.6 Å². The maximum Gasteiger partial charge on any atom is 0.252 e. The highest BCUT2D eigenvalue weighted by Crippen LogP contribution is 2.21. The Labute approximate surface area is 116 Å². The number of benzene rings is 1. The molecule has 0 spiro atoms. The number of rotatable bonds is 4. The summed E-state index contributed by atoms with van der Waals surface area (Å²) in [5.41, 5.74) is 0.546. The van der Waals surface area contributed by atoms with Crippen LogP contribution in [0.25, 0.3) is 0 Å².